The van der Waals surface area contributed by atoms with Crippen molar-refractivity contribution in [2.45, 2.75) is 92.4 Å². The number of hydrogen-bond donors (Lipinski definition) is 0. The number of benzene rings is 3. The summed E-state index contributed by atoms with van der Waals surface area (Å²) >= 11 is 3.00. The molecule has 5 rings (SSSR count). The highest BCUT2D eigenvalue weighted by Crippen LogP contribution is 2.30. The average molecular weight is 794 g/mol. The molecule has 3 aromatic carbocycles. The van der Waals surface area contributed by atoms with Gasteiger partial charge in [-0.25, -0.2) is 9.69 Å². The van der Waals surface area contributed by atoms with Gasteiger partial charge in [0.1, 0.15) is 6.67 Å². The van der Waals surface area contributed by atoms with Crippen LogP contribution in [0, 0.1) is 12.8 Å². The Morgan fingerprint density at radius 1 is 0.815 bits per heavy atom. The van der Waals surface area contributed by atoms with Crippen LogP contribution in [0.5, 0.6) is 0 Å². The van der Waals surface area contributed by atoms with Crippen molar-refractivity contribution in [1.82, 2.24) is 14.8 Å². The van der Waals surface area contributed by atoms with E-state index in [1.165, 1.54) is 57.3 Å². The molecule has 1 aliphatic heterocycles. The van der Waals surface area contributed by atoms with E-state index in [2.05, 4.69) is 100 Å². The molecule has 0 aliphatic carbocycles. The van der Waals surface area contributed by atoms with Crippen molar-refractivity contribution >= 4 is 45.8 Å². The van der Waals surface area contributed by atoms with Gasteiger partial charge >= 0.3 is 0 Å². The van der Waals surface area contributed by atoms with Crippen molar-refractivity contribution in [1.29, 1.82) is 0 Å². The molecule has 2 heterocycles. The van der Waals surface area contributed by atoms with E-state index in [-0.39, 0.29) is 44.6 Å². The zero-order valence-electron chi connectivity index (χ0n) is 32.5. The second-order valence-electron chi connectivity index (χ2n) is 15.3. The van der Waals surface area contributed by atoms with Crippen LogP contribution in [0.2, 0.25) is 0 Å². The summed E-state index contributed by atoms with van der Waals surface area (Å²) in [6.45, 7) is 13.9. The Hall–Kier alpha value is -3.78. The molecular weight excluding hydrogens is 743 g/mol. The number of nitrogens with zero attached hydrogens (tertiary/aromatic N) is 4. The summed E-state index contributed by atoms with van der Waals surface area (Å²) in [4.78, 5) is 25.2. The zero-order chi connectivity index (χ0) is 39.8. The van der Waals surface area contributed by atoms with Crippen LogP contribution in [0.25, 0.3) is 0 Å². The normalized spacial score (nSPS) is 16.3. The number of amides is 1. The Morgan fingerprint density at radius 2 is 1.35 bits per heavy atom. The maximum Gasteiger partial charge on any atom is 0.297 e. The van der Waals surface area contributed by atoms with Crippen molar-refractivity contribution in [2.24, 2.45) is 18.1 Å². The monoisotopic (exact) mass is 793 g/mol. The van der Waals surface area contributed by atoms with Crippen molar-refractivity contribution in [2.75, 3.05) is 13.7 Å². The Balaban J connectivity index is 0.000000258. The molecule has 0 bridgehead atoms. The molecule has 1 aromatic heterocycles. The van der Waals surface area contributed by atoms with Gasteiger partial charge in [-0.1, -0.05) is 108 Å². The summed E-state index contributed by atoms with van der Waals surface area (Å²) in [7, 11) is -0.894. The largest absolute Gasteiger partial charge is 0.297 e. The second-order valence-corrected chi connectivity index (χ2v) is 19.1. The van der Waals surface area contributed by atoms with Gasteiger partial charge in [0.25, 0.3) is 15.7 Å². The molecule has 290 valence electrons. The number of halogens is 1. The molecule has 0 spiro atoms. The lowest BCUT2D eigenvalue weighted by atomic mass is 9.87. The summed E-state index contributed by atoms with van der Waals surface area (Å²) < 4.78 is 44.7. The molecule has 4 aromatic rings. The van der Waals surface area contributed by atoms with Crippen LogP contribution < -0.4 is 5.56 Å². The van der Waals surface area contributed by atoms with Crippen LogP contribution in [0.4, 0.5) is 4.39 Å². The summed E-state index contributed by atoms with van der Waals surface area (Å²) in [6.07, 6.45) is 3.26. The van der Waals surface area contributed by atoms with Crippen LogP contribution in [0.1, 0.15) is 74.9 Å². The van der Waals surface area contributed by atoms with Gasteiger partial charge in [-0.05, 0) is 52.1 Å². The first kappa shape index (κ1) is 43.0. The number of carbonyl (C=O) groups is 1. The fraction of sp³-hybridized carbons (Fsp3) is 0.415. The maximum atomic E-state index is 13.1. The van der Waals surface area contributed by atoms with E-state index in [4.69, 9.17) is 4.18 Å². The highest BCUT2D eigenvalue weighted by Gasteiger charge is 2.33. The maximum absolute atomic E-state index is 13.1. The first-order valence-electron chi connectivity index (χ1n) is 17.6. The standard InChI is InChI=1S/C24H28N2O4S2.C17H23FN2OS/c1-17-6-12-20(13-7-17)32(28,29)30-15-21-22(14-25-26(5)23(21)27)31-16-18-8-10-19(11-9-18)24(2,3)4;1-17(2,3)13-7-5-12(6-8-13)11-22-15-10-19-20(4)16(21)14(15)9-18/h6-14H,15-16H2,1-5H3;5-8,10,14-15H,9,11H2,1-4H3/i;18-1. The minimum atomic E-state index is -3.99. The number of rotatable bonds is 11. The molecule has 1 amide bonds. The molecule has 0 saturated heterocycles. The Labute approximate surface area is 327 Å². The van der Waals surface area contributed by atoms with Crippen molar-refractivity contribution < 1.29 is 21.8 Å². The van der Waals surface area contributed by atoms with E-state index in [0.29, 0.717) is 10.6 Å². The third kappa shape index (κ3) is 11.6. The van der Waals surface area contributed by atoms with Gasteiger partial charge in [0.2, 0.25) is 5.91 Å². The van der Waals surface area contributed by atoms with Gasteiger partial charge in [-0.3, -0.25) is 18.2 Å². The van der Waals surface area contributed by atoms with Gasteiger partial charge in [0, 0.05) is 36.7 Å². The van der Waals surface area contributed by atoms with E-state index >= 15 is 0 Å². The Morgan fingerprint density at radius 3 is 1.87 bits per heavy atom. The van der Waals surface area contributed by atoms with E-state index in [9.17, 15) is 22.4 Å². The molecule has 9 nitrogen and oxygen atoms in total. The van der Waals surface area contributed by atoms with Crippen molar-refractivity contribution in [3.05, 3.63) is 123 Å². The fourth-order valence-corrected chi connectivity index (χ4v) is 8.29. The molecule has 13 heteroatoms. The predicted octanol–water partition coefficient (Wildman–Crippen LogP) is 8.21. The number of carbonyl (C=O) groups excluding carboxylic acids is 1. The highest BCUT2D eigenvalue weighted by atomic mass is 32.2. The summed E-state index contributed by atoms with van der Waals surface area (Å²) in [6, 6.07) is 23.2. The Bertz CT molecular complexity index is 2070. The third-order valence-electron chi connectivity index (χ3n) is 8.93. The van der Waals surface area contributed by atoms with Crippen molar-refractivity contribution in [3.63, 3.8) is 0 Å². The quantitative estimate of drug-likeness (QED) is 0.110. The number of thioether (sulfide) groups is 2. The summed E-state index contributed by atoms with van der Waals surface area (Å²) in [5.74, 6) is 0.498. The first-order chi connectivity index (χ1) is 25.3. The first-order valence-corrected chi connectivity index (χ1v) is 21.1. The average Bonchev–Trinajstić information content (AvgIpc) is 3.12. The van der Waals surface area contributed by atoms with Crippen molar-refractivity contribution in [3.8, 4) is 0 Å². The number of alkyl halides is 1. The summed E-state index contributed by atoms with van der Waals surface area (Å²) in [5.41, 5.74) is 5.87. The molecule has 0 radical (unpaired) electrons. The predicted molar refractivity (Wildman–Crippen MR) is 218 cm³/mol. The van der Waals surface area contributed by atoms with E-state index < -0.39 is 22.7 Å². The Kier molecular flexibility index (Phi) is 14.5. The topological polar surface area (TPSA) is 111 Å². The van der Waals surface area contributed by atoms with Gasteiger partial charge in [0.05, 0.1) is 34.4 Å². The van der Waals surface area contributed by atoms with Gasteiger partial charge in [-0.2, -0.15) is 18.6 Å². The van der Waals surface area contributed by atoms with Gasteiger partial charge < -0.3 is 0 Å². The van der Waals surface area contributed by atoms with E-state index in [1.807, 2.05) is 6.92 Å². The van der Waals surface area contributed by atoms with Crippen LogP contribution in [-0.4, -0.2) is 54.3 Å². The van der Waals surface area contributed by atoms with Crippen LogP contribution in [-0.2, 0) is 55.1 Å². The number of aryl methyl sites for hydroxylation is 2. The number of hydrazone groups is 1. The van der Waals surface area contributed by atoms with E-state index in [1.54, 1.807) is 43.4 Å². The zero-order valence-corrected chi connectivity index (χ0v) is 34.9. The van der Waals surface area contributed by atoms with Crippen LogP contribution in [0.15, 0.2) is 98.7 Å². The lowest BCUT2D eigenvalue weighted by molar-refractivity contribution is -0.134. The minimum Gasteiger partial charge on any atom is -0.272 e. The molecule has 0 saturated carbocycles. The molecule has 0 fully saturated rings. The fourth-order valence-electron chi connectivity index (χ4n) is 5.31. The number of hydrogen-bond acceptors (Lipinski definition) is 9. The second kappa shape index (κ2) is 18.2. The van der Waals surface area contributed by atoms with Crippen LogP contribution in [0.3, 0.4) is 0 Å². The smallest absolute Gasteiger partial charge is 0.272 e. The molecule has 2 unspecified atom stereocenters. The summed E-state index contributed by atoms with van der Waals surface area (Å²) in [5, 5.41) is 9.13. The lowest BCUT2D eigenvalue weighted by Crippen LogP contribution is -2.41. The van der Waals surface area contributed by atoms with Gasteiger partial charge in [-0.15, -0.1) is 23.5 Å². The third-order valence-corrected chi connectivity index (χ3v) is 12.7. The molecular formula is C41H51FN4O5S3. The molecule has 0 N–H and O–H groups in total. The van der Waals surface area contributed by atoms with E-state index in [0.717, 1.165) is 16.9 Å². The molecule has 1 aliphatic rings. The minimum absolute atomic E-state index is 0.0575. The highest BCUT2D eigenvalue weighted by molar-refractivity contribution is 7.99. The van der Waals surface area contributed by atoms with Gasteiger partial charge in [0.15, 0.2) is 0 Å². The lowest BCUT2D eigenvalue weighted by Gasteiger charge is -2.27. The molecule has 2 atom stereocenters. The van der Waals surface area contributed by atoms with Crippen LogP contribution >= 0.6 is 23.5 Å². The number of aromatic nitrogens is 2. The molecule has 54 heavy (non-hydrogen) atoms. The SMILES string of the molecule is CN1N=CC(SCc2ccc(C(C)(C)C)cc2)C(C[18F])C1=O.Cc1ccc(S(=O)(=O)OCc2c(SCc3ccc(C(C)(C)C)cc3)cnn(C)c2=O)cc1.